The predicted molar refractivity (Wildman–Crippen MR) is 110 cm³/mol. The SMILES string of the molecule is CCCc1ccc(-c2nc(-c3cccc(CN[C@H]4C[C@@H](C(=O)O)C4)c3)no2)cc1. The quantitative estimate of drug-likeness (QED) is 0.595. The zero-order valence-corrected chi connectivity index (χ0v) is 16.5. The molecule has 0 radical (unpaired) electrons. The second-order valence-electron chi connectivity index (χ2n) is 7.65. The van der Waals surface area contributed by atoms with Gasteiger partial charge in [-0.1, -0.05) is 48.8 Å². The summed E-state index contributed by atoms with van der Waals surface area (Å²) in [7, 11) is 0. The molecule has 2 aromatic carbocycles. The number of nitrogens with zero attached hydrogens (tertiary/aromatic N) is 2. The molecule has 0 spiro atoms. The molecule has 1 heterocycles. The first-order chi connectivity index (χ1) is 14.1. The molecule has 1 aliphatic carbocycles. The van der Waals surface area contributed by atoms with Gasteiger partial charge >= 0.3 is 5.97 Å². The van der Waals surface area contributed by atoms with Gasteiger partial charge in [-0.15, -0.1) is 0 Å². The highest BCUT2D eigenvalue weighted by Gasteiger charge is 2.33. The van der Waals surface area contributed by atoms with E-state index >= 15 is 0 Å². The summed E-state index contributed by atoms with van der Waals surface area (Å²) in [6.07, 6.45) is 3.57. The lowest BCUT2D eigenvalue weighted by atomic mass is 9.80. The van der Waals surface area contributed by atoms with Crippen molar-refractivity contribution in [1.29, 1.82) is 0 Å². The summed E-state index contributed by atoms with van der Waals surface area (Å²) in [5.41, 5.74) is 4.23. The molecule has 6 heteroatoms. The maximum atomic E-state index is 10.9. The Morgan fingerprint density at radius 1 is 1.14 bits per heavy atom. The average Bonchev–Trinajstić information content (AvgIpc) is 3.18. The van der Waals surface area contributed by atoms with E-state index in [1.807, 2.05) is 36.4 Å². The second kappa shape index (κ2) is 8.57. The molecule has 3 aromatic rings. The molecule has 0 amide bonds. The summed E-state index contributed by atoms with van der Waals surface area (Å²) in [4.78, 5) is 15.5. The third-order valence-corrected chi connectivity index (χ3v) is 5.43. The number of hydrogen-bond donors (Lipinski definition) is 2. The van der Waals surface area contributed by atoms with Crippen LogP contribution >= 0.6 is 0 Å². The monoisotopic (exact) mass is 391 g/mol. The molecule has 0 unspecified atom stereocenters. The van der Waals surface area contributed by atoms with Crippen LogP contribution in [-0.2, 0) is 17.8 Å². The van der Waals surface area contributed by atoms with Crippen molar-refractivity contribution >= 4 is 5.97 Å². The van der Waals surface area contributed by atoms with Crippen molar-refractivity contribution < 1.29 is 14.4 Å². The first kappa shape index (κ1) is 19.3. The summed E-state index contributed by atoms with van der Waals surface area (Å²) in [5.74, 6) is 0.181. The highest BCUT2D eigenvalue weighted by atomic mass is 16.5. The minimum atomic E-state index is -0.696. The van der Waals surface area contributed by atoms with E-state index in [9.17, 15) is 4.79 Å². The van der Waals surface area contributed by atoms with Crippen molar-refractivity contribution in [2.24, 2.45) is 5.92 Å². The third-order valence-electron chi connectivity index (χ3n) is 5.43. The summed E-state index contributed by atoms with van der Waals surface area (Å²) in [5, 5.41) is 16.5. The topological polar surface area (TPSA) is 88.2 Å². The fraction of sp³-hybridized carbons (Fsp3) is 0.348. The van der Waals surface area contributed by atoms with Gasteiger partial charge in [0.2, 0.25) is 5.82 Å². The van der Waals surface area contributed by atoms with E-state index in [4.69, 9.17) is 9.63 Å². The standard InChI is InChI=1S/C23H25N3O3/c1-2-4-15-7-9-17(10-8-15)22-25-21(26-29-22)18-6-3-5-16(11-18)14-24-20-12-19(13-20)23(27)28/h3,5-11,19-20,24H,2,4,12-14H2,1H3,(H,27,28)/t19-,20+. The molecule has 1 saturated carbocycles. The van der Waals surface area contributed by atoms with Crippen LogP contribution in [0.5, 0.6) is 0 Å². The van der Waals surface area contributed by atoms with Gasteiger partial charge in [0, 0.05) is 23.7 Å². The molecule has 2 N–H and O–H groups in total. The number of carboxylic acid groups (broad SMARTS) is 1. The molecule has 0 atom stereocenters. The van der Waals surface area contributed by atoms with Crippen molar-refractivity contribution in [1.82, 2.24) is 15.5 Å². The Hall–Kier alpha value is -2.99. The summed E-state index contributed by atoms with van der Waals surface area (Å²) in [6.45, 7) is 2.86. The van der Waals surface area contributed by atoms with Gasteiger partial charge in [-0.2, -0.15) is 4.98 Å². The largest absolute Gasteiger partial charge is 0.481 e. The maximum absolute atomic E-state index is 10.9. The highest BCUT2D eigenvalue weighted by molar-refractivity contribution is 5.71. The Bertz CT molecular complexity index is 975. The fourth-order valence-corrected chi connectivity index (χ4v) is 3.63. The Morgan fingerprint density at radius 3 is 2.66 bits per heavy atom. The van der Waals surface area contributed by atoms with Crippen LogP contribution in [0.1, 0.15) is 37.3 Å². The summed E-state index contributed by atoms with van der Waals surface area (Å²) in [6, 6.07) is 16.5. The molecule has 0 aliphatic heterocycles. The number of aromatic nitrogens is 2. The molecule has 0 saturated heterocycles. The lowest BCUT2D eigenvalue weighted by Gasteiger charge is -2.33. The molecule has 29 heavy (non-hydrogen) atoms. The van der Waals surface area contributed by atoms with E-state index in [1.165, 1.54) is 5.56 Å². The minimum Gasteiger partial charge on any atom is -0.481 e. The van der Waals surface area contributed by atoms with Crippen molar-refractivity contribution in [2.75, 3.05) is 0 Å². The van der Waals surface area contributed by atoms with Crippen LogP contribution < -0.4 is 5.32 Å². The Balaban J connectivity index is 1.40. The van der Waals surface area contributed by atoms with Crippen LogP contribution in [0.2, 0.25) is 0 Å². The fourth-order valence-electron chi connectivity index (χ4n) is 3.63. The molecule has 4 rings (SSSR count). The van der Waals surface area contributed by atoms with Gasteiger partial charge in [-0.05, 0) is 48.6 Å². The van der Waals surface area contributed by atoms with Crippen LogP contribution in [0.15, 0.2) is 53.1 Å². The van der Waals surface area contributed by atoms with Crippen molar-refractivity contribution in [2.45, 2.75) is 45.2 Å². The zero-order valence-electron chi connectivity index (χ0n) is 16.5. The number of carbonyl (C=O) groups is 1. The highest BCUT2D eigenvalue weighted by Crippen LogP contribution is 2.28. The Labute approximate surface area is 170 Å². The number of nitrogens with one attached hydrogen (secondary N) is 1. The molecule has 150 valence electrons. The number of hydrogen-bond acceptors (Lipinski definition) is 5. The van der Waals surface area contributed by atoms with Crippen molar-refractivity contribution in [3.05, 3.63) is 59.7 Å². The van der Waals surface area contributed by atoms with Gasteiger partial charge in [-0.3, -0.25) is 4.79 Å². The minimum absolute atomic E-state index is 0.201. The van der Waals surface area contributed by atoms with E-state index in [0.29, 0.717) is 31.1 Å². The maximum Gasteiger partial charge on any atom is 0.306 e. The molecule has 1 aromatic heterocycles. The van der Waals surface area contributed by atoms with E-state index in [1.54, 1.807) is 0 Å². The molecular formula is C23H25N3O3. The van der Waals surface area contributed by atoms with Gasteiger partial charge in [0.25, 0.3) is 5.89 Å². The normalized spacial score (nSPS) is 18.4. The number of benzene rings is 2. The molecule has 6 nitrogen and oxygen atoms in total. The van der Waals surface area contributed by atoms with Crippen molar-refractivity contribution in [3.8, 4) is 22.8 Å². The molecular weight excluding hydrogens is 366 g/mol. The summed E-state index contributed by atoms with van der Waals surface area (Å²) < 4.78 is 5.47. The van der Waals surface area contributed by atoms with Gasteiger partial charge in [0.1, 0.15) is 0 Å². The Morgan fingerprint density at radius 2 is 1.93 bits per heavy atom. The smallest absolute Gasteiger partial charge is 0.306 e. The van der Waals surface area contributed by atoms with Gasteiger partial charge < -0.3 is 14.9 Å². The van der Waals surface area contributed by atoms with Crippen LogP contribution in [0.3, 0.4) is 0 Å². The first-order valence-corrected chi connectivity index (χ1v) is 10.1. The number of aryl methyl sites for hydroxylation is 1. The molecule has 1 aliphatic rings. The third kappa shape index (κ3) is 4.54. The average molecular weight is 391 g/mol. The van der Waals surface area contributed by atoms with Crippen LogP contribution in [0.25, 0.3) is 22.8 Å². The van der Waals surface area contributed by atoms with E-state index in [-0.39, 0.29) is 12.0 Å². The van der Waals surface area contributed by atoms with E-state index < -0.39 is 5.97 Å². The first-order valence-electron chi connectivity index (χ1n) is 10.1. The van der Waals surface area contributed by atoms with Crippen LogP contribution in [0, 0.1) is 5.92 Å². The molecule has 0 bridgehead atoms. The number of rotatable bonds is 8. The van der Waals surface area contributed by atoms with E-state index in [2.05, 4.69) is 34.5 Å². The van der Waals surface area contributed by atoms with Crippen LogP contribution in [-0.4, -0.2) is 27.3 Å². The lowest BCUT2D eigenvalue weighted by molar-refractivity contribution is -0.145. The Kier molecular flexibility index (Phi) is 5.71. The van der Waals surface area contributed by atoms with Crippen molar-refractivity contribution in [3.63, 3.8) is 0 Å². The van der Waals surface area contributed by atoms with Gasteiger partial charge in [0.15, 0.2) is 0 Å². The second-order valence-corrected chi connectivity index (χ2v) is 7.65. The van der Waals surface area contributed by atoms with Gasteiger partial charge in [0.05, 0.1) is 5.92 Å². The zero-order chi connectivity index (χ0) is 20.2. The van der Waals surface area contributed by atoms with E-state index in [0.717, 1.165) is 29.5 Å². The molecule has 1 fully saturated rings. The van der Waals surface area contributed by atoms with Crippen LogP contribution in [0.4, 0.5) is 0 Å². The number of aliphatic carboxylic acids is 1. The lowest BCUT2D eigenvalue weighted by Crippen LogP contribution is -2.43. The predicted octanol–water partition coefficient (Wildman–Crippen LogP) is 4.31. The van der Waals surface area contributed by atoms with Gasteiger partial charge in [-0.25, -0.2) is 0 Å². The number of carboxylic acids is 1. The summed E-state index contributed by atoms with van der Waals surface area (Å²) >= 11 is 0.